The molecule has 6 aromatic carbocycles. The van der Waals surface area contributed by atoms with E-state index in [1.165, 1.54) is 0 Å². The minimum absolute atomic E-state index is 0.501. The third kappa shape index (κ3) is 5.92. The van der Waals surface area contributed by atoms with Crippen LogP contribution in [-0.4, -0.2) is 68.1 Å². The molecule has 0 saturated carbocycles. The molecule has 3 aromatic heterocycles. The Kier molecular flexibility index (Phi) is 8.05. The van der Waals surface area contributed by atoms with Crippen LogP contribution >= 0.6 is 0 Å². The van der Waals surface area contributed by atoms with Gasteiger partial charge >= 0.3 is 0 Å². The van der Waals surface area contributed by atoms with Gasteiger partial charge in [-0.2, -0.15) is 0 Å². The average Bonchev–Trinajstić information content (AvgIpc) is 4.00. The summed E-state index contributed by atoms with van der Waals surface area (Å²) in [6.07, 6.45) is 0. The molecular weight excluding hydrogens is 749 g/mol. The maximum absolute atomic E-state index is 6.63. The molecule has 9 aromatic rings. The van der Waals surface area contributed by atoms with E-state index in [0.29, 0.717) is 68.9 Å². The van der Waals surface area contributed by atoms with E-state index in [2.05, 4.69) is 19.8 Å². The highest BCUT2D eigenvalue weighted by atomic mass is 16.5. The number of aromatic amines is 2. The van der Waals surface area contributed by atoms with Crippen molar-refractivity contribution in [3.8, 4) is 68.5 Å². The Morgan fingerprint density at radius 1 is 0.367 bits per heavy atom. The van der Waals surface area contributed by atoms with E-state index >= 15 is 0 Å². The quantitative estimate of drug-likeness (QED) is 0.168. The lowest BCUT2D eigenvalue weighted by Gasteiger charge is -2.13. The van der Waals surface area contributed by atoms with E-state index < -0.39 is 0 Å². The van der Waals surface area contributed by atoms with Gasteiger partial charge in [0.05, 0.1) is 10.8 Å². The Morgan fingerprint density at radius 3 is 1.15 bits per heavy atom. The average molecular weight is 785 g/mol. The summed E-state index contributed by atoms with van der Waals surface area (Å²) < 4.78 is 13.3. The first kappa shape index (κ1) is 35.1. The molecule has 12 nitrogen and oxygen atoms in total. The van der Waals surface area contributed by atoms with Gasteiger partial charge in [-0.3, -0.25) is 0 Å². The molecule has 2 aliphatic rings. The minimum atomic E-state index is 0.501. The predicted octanol–water partition coefficient (Wildman–Crippen LogP) is 10.6. The second-order valence-corrected chi connectivity index (χ2v) is 15.0. The van der Waals surface area contributed by atoms with Crippen molar-refractivity contribution in [1.82, 2.24) is 39.9 Å². The van der Waals surface area contributed by atoms with Crippen LogP contribution < -0.4 is 19.3 Å². The number of ether oxygens (including phenoxy) is 2. The van der Waals surface area contributed by atoms with Crippen LogP contribution in [0.5, 0.6) is 23.0 Å². The van der Waals surface area contributed by atoms with Gasteiger partial charge in [0.25, 0.3) is 0 Å². The lowest BCUT2D eigenvalue weighted by molar-refractivity contribution is 0.488. The molecule has 60 heavy (non-hydrogen) atoms. The first-order valence-corrected chi connectivity index (χ1v) is 19.5. The Balaban J connectivity index is 1.23. The van der Waals surface area contributed by atoms with E-state index in [-0.39, 0.29) is 0 Å². The highest BCUT2D eigenvalue weighted by Crippen LogP contribution is 2.41. The molecule has 11 rings (SSSR count). The van der Waals surface area contributed by atoms with Crippen LogP contribution in [0.3, 0.4) is 0 Å². The monoisotopic (exact) mass is 784 g/mol. The van der Waals surface area contributed by atoms with Gasteiger partial charge in [0, 0.05) is 72.6 Å². The Bertz CT molecular complexity index is 3340. The Labute approximate surface area is 343 Å². The summed E-state index contributed by atoms with van der Waals surface area (Å²) in [5, 5.41) is 3.10. The number of hydrogen-bond acceptors (Lipinski definition) is 10. The van der Waals surface area contributed by atoms with Gasteiger partial charge in [-0.15, -0.1) is 0 Å². The fraction of sp³-hybridized carbons (Fsp3) is 0.0833. The van der Waals surface area contributed by atoms with Crippen LogP contribution in [0.2, 0.25) is 0 Å². The first-order chi connectivity index (χ1) is 29.3. The zero-order valence-corrected chi connectivity index (χ0v) is 33.1. The van der Waals surface area contributed by atoms with Crippen LogP contribution in [0.25, 0.3) is 89.7 Å². The predicted molar refractivity (Wildman–Crippen MR) is 238 cm³/mol. The number of anilines is 2. The van der Waals surface area contributed by atoms with Crippen molar-refractivity contribution in [3.63, 3.8) is 0 Å². The molecule has 5 heterocycles. The molecule has 0 aliphatic carbocycles. The fourth-order valence-electron chi connectivity index (χ4n) is 7.77. The van der Waals surface area contributed by atoms with Crippen LogP contribution in [0.1, 0.15) is 0 Å². The zero-order valence-electron chi connectivity index (χ0n) is 33.1. The first-order valence-electron chi connectivity index (χ1n) is 19.5. The summed E-state index contributed by atoms with van der Waals surface area (Å²) in [5.74, 6) is 4.64. The molecule has 12 heteroatoms. The van der Waals surface area contributed by atoms with Gasteiger partial charge in [-0.25, -0.2) is 29.9 Å². The normalized spacial score (nSPS) is 11.7. The van der Waals surface area contributed by atoms with Gasteiger partial charge in [0.15, 0.2) is 23.3 Å². The van der Waals surface area contributed by atoms with E-state index in [1.807, 2.05) is 162 Å². The summed E-state index contributed by atoms with van der Waals surface area (Å²) in [6.45, 7) is 0. The number of nitrogens with zero attached hydrogens (tertiary/aromatic N) is 8. The van der Waals surface area contributed by atoms with Crippen molar-refractivity contribution in [2.75, 3.05) is 38.0 Å². The maximum atomic E-state index is 6.63. The van der Waals surface area contributed by atoms with E-state index in [9.17, 15) is 0 Å². The van der Waals surface area contributed by atoms with Crippen molar-refractivity contribution in [2.24, 2.45) is 0 Å². The molecule has 2 N–H and O–H groups in total. The Morgan fingerprint density at radius 2 is 0.733 bits per heavy atom. The summed E-state index contributed by atoms with van der Waals surface area (Å²) in [6, 6.07) is 43.7. The lowest BCUT2D eigenvalue weighted by Crippen LogP contribution is -2.07. The third-order valence-electron chi connectivity index (χ3n) is 10.8. The highest BCUT2D eigenvalue weighted by Gasteiger charge is 2.24. The molecule has 0 radical (unpaired) electrons. The van der Waals surface area contributed by atoms with Crippen molar-refractivity contribution in [1.29, 1.82) is 0 Å². The van der Waals surface area contributed by atoms with Crippen molar-refractivity contribution < 1.29 is 9.47 Å². The van der Waals surface area contributed by atoms with E-state index in [4.69, 9.17) is 39.4 Å². The molecule has 0 saturated heterocycles. The molecule has 0 unspecified atom stereocenters. The van der Waals surface area contributed by atoms with Crippen molar-refractivity contribution in [2.45, 2.75) is 0 Å². The SMILES string of the molecule is CN(C)c1ccc(Oc2cccc3c4nc5[nH]c(nc6nc(nc7nc(nc([nH]4)c23)-c2ccccc2-7)-c2ccccc2-6)c2cccc(Oc3ccc(N(C)C)cc3)c52)cc1. The molecule has 8 bridgehead atoms. The fourth-order valence-corrected chi connectivity index (χ4v) is 7.77. The lowest BCUT2D eigenvalue weighted by atomic mass is 10.1. The second-order valence-electron chi connectivity index (χ2n) is 15.0. The molecule has 2 aliphatic heterocycles. The third-order valence-corrected chi connectivity index (χ3v) is 10.8. The van der Waals surface area contributed by atoms with Crippen molar-refractivity contribution in [3.05, 3.63) is 133 Å². The second kappa shape index (κ2) is 13.8. The van der Waals surface area contributed by atoms with Crippen LogP contribution in [0.15, 0.2) is 133 Å². The van der Waals surface area contributed by atoms with Crippen LogP contribution in [0.4, 0.5) is 11.4 Å². The standard InChI is InChI=1S/C48H36N10O2/c1-57(2)27-19-23-29(24-20-27)59-37-17-9-15-35-39(37)48-54-45(35)52-43-32-12-6-5-11-31(32)41(50-43)49-42-33-13-7-8-14-34(33)44(51-42)53-47-40-36(46(55-47)56-48)16-10-18-38(40)60-30-25-21-28(22-26-30)58(3)4/h5-26H,1-4H3,(H2,49,50,51,52,53,54,55,56). The summed E-state index contributed by atoms with van der Waals surface area (Å²) in [5.41, 5.74) is 7.76. The smallest absolute Gasteiger partial charge is 0.164 e. The molecule has 290 valence electrons. The highest BCUT2D eigenvalue weighted by molar-refractivity contribution is 6.11. The topological polar surface area (TPSA) is 134 Å². The number of nitrogens with one attached hydrogen (secondary N) is 2. The van der Waals surface area contributed by atoms with Crippen LogP contribution in [0, 0.1) is 0 Å². The summed E-state index contributed by atoms with van der Waals surface area (Å²) in [4.78, 5) is 42.1. The largest absolute Gasteiger partial charge is 0.457 e. The minimum Gasteiger partial charge on any atom is -0.457 e. The van der Waals surface area contributed by atoms with Gasteiger partial charge in [0.1, 0.15) is 45.6 Å². The van der Waals surface area contributed by atoms with Gasteiger partial charge in [-0.1, -0.05) is 72.8 Å². The summed E-state index contributed by atoms with van der Waals surface area (Å²) in [7, 11) is 8.05. The summed E-state index contributed by atoms with van der Waals surface area (Å²) >= 11 is 0. The molecule has 0 amide bonds. The zero-order chi connectivity index (χ0) is 40.5. The molecule has 0 spiro atoms. The van der Waals surface area contributed by atoms with E-state index in [1.54, 1.807) is 0 Å². The van der Waals surface area contributed by atoms with Gasteiger partial charge < -0.3 is 29.2 Å². The number of rotatable bonds is 6. The molecule has 0 fully saturated rings. The van der Waals surface area contributed by atoms with Crippen LogP contribution in [-0.2, 0) is 0 Å². The Hall–Kier alpha value is -8.12. The number of benzene rings is 6. The van der Waals surface area contributed by atoms with Gasteiger partial charge in [-0.05, 0) is 60.7 Å². The number of H-pyrrole nitrogens is 2. The molecular formula is C48H36N10O2. The number of aromatic nitrogens is 8. The van der Waals surface area contributed by atoms with Gasteiger partial charge in [0.2, 0.25) is 0 Å². The van der Waals surface area contributed by atoms with E-state index in [0.717, 1.165) is 55.2 Å². The number of hydrogen-bond donors (Lipinski definition) is 2. The maximum Gasteiger partial charge on any atom is 0.164 e. The molecule has 0 atom stereocenters. The number of fused-ring (bicyclic) bond motifs is 20. The van der Waals surface area contributed by atoms with Crippen molar-refractivity contribution >= 4 is 55.5 Å².